The maximum atomic E-state index is 12.7. The third kappa shape index (κ3) is 4.35. The molecule has 2 aromatic rings. The molecular formula is C19H25Cl2N3O3. The van der Waals surface area contributed by atoms with E-state index in [9.17, 15) is 4.79 Å². The van der Waals surface area contributed by atoms with E-state index in [0.717, 1.165) is 52.1 Å². The number of nitrogens with two attached hydrogens (primary N) is 1. The van der Waals surface area contributed by atoms with Crippen LogP contribution in [0.2, 0.25) is 5.02 Å². The highest BCUT2D eigenvalue weighted by atomic mass is 35.5. The summed E-state index contributed by atoms with van der Waals surface area (Å²) < 4.78 is 10.9. The maximum Gasteiger partial charge on any atom is 0.255 e. The molecule has 2 saturated heterocycles. The molecule has 0 bridgehead atoms. The lowest BCUT2D eigenvalue weighted by Crippen LogP contribution is -2.45. The van der Waals surface area contributed by atoms with Crippen LogP contribution in [0.25, 0.3) is 11.0 Å². The Kier molecular flexibility index (Phi) is 6.52. The van der Waals surface area contributed by atoms with Crippen LogP contribution < -0.4 is 11.1 Å². The number of halogens is 2. The Hall–Kier alpha value is -1.47. The molecule has 3 N–H and O–H groups in total. The molecule has 1 aromatic carbocycles. The van der Waals surface area contributed by atoms with Gasteiger partial charge in [-0.1, -0.05) is 11.6 Å². The lowest BCUT2D eigenvalue weighted by Gasteiger charge is -2.33. The number of likely N-dealkylation sites (tertiary alicyclic amines) is 1. The van der Waals surface area contributed by atoms with Crippen molar-refractivity contribution >= 4 is 46.6 Å². The van der Waals surface area contributed by atoms with E-state index >= 15 is 0 Å². The second-order valence-electron chi connectivity index (χ2n) is 7.26. The lowest BCUT2D eigenvalue weighted by atomic mass is 10.0. The summed E-state index contributed by atoms with van der Waals surface area (Å²) in [4.78, 5) is 15.2. The summed E-state index contributed by atoms with van der Waals surface area (Å²) in [6.07, 6.45) is 4.58. The lowest BCUT2D eigenvalue weighted by molar-refractivity contribution is 0.0904. The number of rotatable bonds is 4. The molecule has 3 heterocycles. The Balaban J connectivity index is 0.00000210. The Labute approximate surface area is 169 Å². The first-order valence-corrected chi connectivity index (χ1v) is 9.55. The first kappa shape index (κ1) is 20.3. The molecule has 1 unspecified atom stereocenters. The van der Waals surface area contributed by atoms with E-state index < -0.39 is 0 Å². The Morgan fingerprint density at radius 1 is 1.33 bits per heavy atom. The smallest absolute Gasteiger partial charge is 0.255 e. The third-order valence-corrected chi connectivity index (χ3v) is 5.75. The molecule has 2 fully saturated rings. The molecule has 1 aromatic heterocycles. The van der Waals surface area contributed by atoms with Crippen LogP contribution in [0.4, 0.5) is 5.69 Å². The number of ether oxygens (including phenoxy) is 1. The predicted molar refractivity (Wildman–Crippen MR) is 109 cm³/mol. The van der Waals surface area contributed by atoms with Crippen LogP contribution >= 0.6 is 24.0 Å². The average molecular weight is 414 g/mol. The van der Waals surface area contributed by atoms with E-state index in [1.165, 1.54) is 6.26 Å². The minimum absolute atomic E-state index is 0. The Bertz CT molecular complexity index is 797. The largest absolute Gasteiger partial charge is 0.463 e. The fourth-order valence-corrected chi connectivity index (χ4v) is 4.12. The number of carbonyl (C=O) groups excluding carboxylic acids is 1. The van der Waals surface area contributed by atoms with E-state index in [1.54, 1.807) is 12.1 Å². The van der Waals surface area contributed by atoms with Gasteiger partial charge in [-0.2, -0.15) is 0 Å². The van der Waals surface area contributed by atoms with Crippen LogP contribution in [0.5, 0.6) is 0 Å². The number of anilines is 1. The van der Waals surface area contributed by atoms with Gasteiger partial charge in [0.1, 0.15) is 5.58 Å². The number of amides is 1. The van der Waals surface area contributed by atoms with Crippen LogP contribution in [-0.2, 0) is 4.74 Å². The van der Waals surface area contributed by atoms with Gasteiger partial charge in [-0.25, -0.2) is 0 Å². The van der Waals surface area contributed by atoms with Gasteiger partial charge in [0.15, 0.2) is 0 Å². The van der Waals surface area contributed by atoms with E-state index in [2.05, 4.69) is 10.2 Å². The summed E-state index contributed by atoms with van der Waals surface area (Å²) in [7, 11) is 0. The van der Waals surface area contributed by atoms with Crippen molar-refractivity contribution in [2.45, 2.75) is 25.3 Å². The molecule has 0 spiro atoms. The fraction of sp³-hybridized carbons (Fsp3) is 0.526. The summed E-state index contributed by atoms with van der Waals surface area (Å²) >= 11 is 6.17. The molecule has 148 valence electrons. The molecule has 2 aliphatic rings. The normalized spacial score (nSPS) is 21.3. The van der Waals surface area contributed by atoms with Crippen molar-refractivity contribution in [3.63, 3.8) is 0 Å². The van der Waals surface area contributed by atoms with Gasteiger partial charge in [-0.05, 0) is 37.3 Å². The SMILES string of the molecule is Cl.Nc1c(Cl)cc(C(=O)NC2CCN(CC3CCOC3)CC2)c2occc12. The minimum Gasteiger partial charge on any atom is -0.463 e. The van der Waals surface area contributed by atoms with E-state index in [0.29, 0.717) is 33.2 Å². The van der Waals surface area contributed by atoms with Gasteiger partial charge in [0.2, 0.25) is 0 Å². The minimum atomic E-state index is -0.158. The van der Waals surface area contributed by atoms with Crippen LogP contribution in [0.15, 0.2) is 22.8 Å². The van der Waals surface area contributed by atoms with Gasteiger partial charge in [0.05, 0.1) is 29.1 Å². The molecule has 1 amide bonds. The summed E-state index contributed by atoms with van der Waals surface area (Å²) in [5.74, 6) is 0.500. The van der Waals surface area contributed by atoms with Crippen LogP contribution in [0, 0.1) is 5.92 Å². The van der Waals surface area contributed by atoms with Crippen molar-refractivity contribution in [1.29, 1.82) is 0 Å². The van der Waals surface area contributed by atoms with Crippen LogP contribution in [-0.4, -0.2) is 49.7 Å². The number of piperidine rings is 1. The van der Waals surface area contributed by atoms with E-state index in [-0.39, 0.29) is 24.4 Å². The maximum absolute atomic E-state index is 12.7. The molecule has 2 aliphatic heterocycles. The molecule has 4 rings (SSSR count). The molecule has 0 aliphatic carbocycles. The number of nitrogen functional groups attached to an aromatic ring is 1. The van der Waals surface area contributed by atoms with Gasteiger partial charge in [-0.3, -0.25) is 4.79 Å². The van der Waals surface area contributed by atoms with Gasteiger partial charge < -0.3 is 25.1 Å². The molecule has 0 saturated carbocycles. The topological polar surface area (TPSA) is 80.7 Å². The highest BCUT2D eigenvalue weighted by molar-refractivity contribution is 6.35. The second kappa shape index (κ2) is 8.69. The van der Waals surface area contributed by atoms with Crippen LogP contribution in [0.3, 0.4) is 0 Å². The fourth-order valence-electron chi connectivity index (χ4n) is 3.91. The highest BCUT2D eigenvalue weighted by Gasteiger charge is 2.26. The summed E-state index contributed by atoms with van der Waals surface area (Å²) in [6, 6.07) is 3.49. The standard InChI is InChI=1S/C19H24ClN3O3.ClH/c20-16-9-15(18-14(17(16)21)4-8-26-18)19(24)22-13-1-5-23(6-2-13)10-12-3-7-25-11-12;/h4,8-9,12-13H,1-3,5-7,10-11,21H2,(H,22,24);1H. The van der Waals surface area contributed by atoms with Crippen molar-refractivity contribution in [1.82, 2.24) is 10.2 Å². The van der Waals surface area contributed by atoms with Gasteiger partial charge in [-0.15, -0.1) is 12.4 Å². The Morgan fingerprint density at radius 2 is 2.11 bits per heavy atom. The zero-order valence-corrected chi connectivity index (χ0v) is 16.7. The second-order valence-corrected chi connectivity index (χ2v) is 7.67. The van der Waals surface area contributed by atoms with Gasteiger partial charge in [0, 0.05) is 37.7 Å². The third-order valence-electron chi connectivity index (χ3n) is 5.44. The van der Waals surface area contributed by atoms with Crippen molar-refractivity contribution in [2.24, 2.45) is 5.92 Å². The van der Waals surface area contributed by atoms with E-state index in [4.69, 9.17) is 26.5 Å². The number of fused-ring (bicyclic) bond motifs is 1. The van der Waals surface area contributed by atoms with Crippen LogP contribution in [0.1, 0.15) is 29.6 Å². The number of benzene rings is 1. The predicted octanol–water partition coefficient (Wildman–Crippen LogP) is 3.32. The van der Waals surface area contributed by atoms with Crippen molar-refractivity contribution in [3.05, 3.63) is 29.0 Å². The zero-order chi connectivity index (χ0) is 18.1. The highest BCUT2D eigenvalue weighted by Crippen LogP contribution is 2.32. The number of nitrogens with zero attached hydrogens (tertiary/aromatic N) is 1. The Morgan fingerprint density at radius 3 is 2.81 bits per heavy atom. The van der Waals surface area contributed by atoms with Crippen molar-refractivity contribution < 1.29 is 13.9 Å². The van der Waals surface area contributed by atoms with E-state index in [1.807, 2.05) is 0 Å². The van der Waals surface area contributed by atoms with Gasteiger partial charge in [0.25, 0.3) is 5.91 Å². The number of furan rings is 1. The van der Waals surface area contributed by atoms with Crippen molar-refractivity contribution in [2.75, 3.05) is 38.6 Å². The molecule has 6 nitrogen and oxygen atoms in total. The molecular weight excluding hydrogens is 389 g/mol. The summed E-state index contributed by atoms with van der Waals surface area (Å²) in [5, 5.41) is 4.18. The molecule has 27 heavy (non-hydrogen) atoms. The zero-order valence-electron chi connectivity index (χ0n) is 15.1. The van der Waals surface area contributed by atoms with Gasteiger partial charge >= 0.3 is 0 Å². The quantitative estimate of drug-likeness (QED) is 0.751. The monoisotopic (exact) mass is 413 g/mol. The first-order chi connectivity index (χ1) is 12.6. The summed E-state index contributed by atoms with van der Waals surface area (Å²) in [5.41, 5.74) is 7.33. The molecule has 1 atom stereocenters. The number of hydrogen-bond donors (Lipinski definition) is 2. The molecule has 0 radical (unpaired) electrons. The van der Waals surface area contributed by atoms with Crippen molar-refractivity contribution in [3.8, 4) is 0 Å². The summed E-state index contributed by atoms with van der Waals surface area (Å²) in [6.45, 7) is 4.87. The number of nitrogens with one attached hydrogen (secondary N) is 1. The first-order valence-electron chi connectivity index (χ1n) is 9.18. The number of carbonyl (C=O) groups is 1. The molecule has 8 heteroatoms. The number of hydrogen-bond acceptors (Lipinski definition) is 5. The average Bonchev–Trinajstić information content (AvgIpc) is 3.31.